The second-order valence-corrected chi connectivity index (χ2v) is 13.7. The highest BCUT2D eigenvalue weighted by Crippen LogP contribution is 2.38. The van der Waals surface area contributed by atoms with Gasteiger partial charge in [0.25, 0.3) is 0 Å². The summed E-state index contributed by atoms with van der Waals surface area (Å²) in [6, 6.07) is 0. The van der Waals surface area contributed by atoms with Crippen LogP contribution in [0.4, 0.5) is 0 Å². The lowest BCUT2D eigenvalue weighted by atomic mass is 10.5. The van der Waals surface area contributed by atoms with Gasteiger partial charge in [-0.2, -0.15) is 0 Å². The summed E-state index contributed by atoms with van der Waals surface area (Å²) in [6.07, 6.45) is 13.1. The Balaban J connectivity index is 4.66. The van der Waals surface area contributed by atoms with Gasteiger partial charge in [0.1, 0.15) is 0 Å². The molecular formula is C26H57NO4P2. The fourth-order valence-corrected chi connectivity index (χ4v) is 8.66. The zero-order valence-corrected chi connectivity index (χ0v) is 24.6. The zero-order valence-electron chi connectivity index (χ0n) is 22.8. The van der Waals surface area contributed by atoms with Crippen LogP contribution in [0.25, 0.3) is 0 Å². The summed E-state index contributed by atoms with van der Waals surface area (Å²) in [5.74, 6) is 0. The Bertz CT molecular complexity index is 368. The summed E-state index contributed by atoms with van der Waals surface area (Å²) in [7, 11) is 0.183. The van der Waals surface area contributed by atoms with Gasteiger partial charge in [-0.1, -0.05) is 13.3 Å². The van der Waals surface area contributed by atoms with Crippen molar-refractivity contribution in [2.75, 3.05) is 109 Å². The van der Waals surface area contributed by atoms with Crippen molar-refractivity contribution >= 4 is 15.8 Å². The molecule has 0 aliphatic carbocycles. The molecule has 0 N–H and O–H groups in total. The fraction of sp³-hybridized carbons (Fsp3) is 1.00. The van der Waals surface area contributed by atoms with Gasteiger partial charge in [0, 0.05) is 65.9 Å². The molecule has 0 radical (unpaired) electrons. The summed E-state index contributed by atoms with van der Waals surface area (Å²) in [6.45, 7) is 21.2. The molecule has 0 spiro atoms. The molecule has 0 amide bonds. The lowest BCUT2D eigenvalue weighted by molar-refractivity contribution is 0.118. The third-order valence-electron chi connectivity index (χ3n) is 5.66. The molecule has 33 heavy (non-hydrogen) atoms. The Kier molecular flexibility index (Phi) is 27.8. The molecule has 0 aromatic heterocycles. The van der Waals surface area contributed by atoms with Crippen molar-refractivity contribution in [2.45, 2.75) is 60.3 Å². The van der Waals surface area contributed by atoms with Crippen molar-refractivity contribution in [3.8, 4) is 0 Å². The quantitative estimate of drug-likeness (QED) is 0.101. The van der Waals surface area contributed by atoms with Crippen LogP contribution in [0.2, 0.25) is 0 Å². The first kappa shape index (κ1) is 33.7. The van der Waals surface area contributed by atoms with Crippen molar-refractivity contribution in [1.29, 1.82) is 0 Å². The van der Waals surface area contributed by atoms with Crippen molar-refractivity contribution in [3.63, 3.8) is 0 Å². The van der Waals surface area contributed by atoms with E-state index in [0.29, 0.717) is 0 Å². The van der Waals surface area contributed by atoms with Crippen LogP contribution in [0.1, 0.15) is 60.3 Å². The number of rotatable bonds is 27. The maximum Gasteiger partial charge on any atom is 0.0593 e. The first-order valence-electron chi connectivity index (χ1n) is 13.7. The second-order valence-electron chi connectivity index (χ2n) is 8.37. The minimum absolute atomic E-state index is 0.0549. The minimum Gasteiger partial charge on any atom is -0.382 e. The first-order valence-corrected chi connectivity index (χ1v) is 17.5. The molecule has 1 unspecified atom stereocenters. The Morgan fingerprint density at radius 3 is 1.24 bits per heavy atom. The predicted octanol–water partition coefficient (Wildman–Crippen LogP) is 5.98. The van der Waals surface area contributed by atoms with Crippen LogP contribution in [0.15, 0.2) is 0 Å². The molecule has 0 aliphatic heterocycles. The molecule has 0 saturated heterocycles. The maximum atomic E-state index is 5.72. The van der Waals surface area contributed by atoms with Gasteiger partial charge in [0.05, 0.1) is 6.61 Å². The van der Waals surface area contributed by atoms with Crippen LogP contribution in [-0.2, 0) is 18.9 Å². The number of hydrogen-bond donors (Lipinski definition) is 0. The smallest absolute Gasteiger partial charge is 0.0593 e. The molecule has 0 aromatic carbocycles. The Hall–Kier alpha value is 0.660. The van der Waals surface area contributed by atoms with Crippen molar-refractivity contribution in [2.24, 2.45) is 0 Å². The van der Waals surface area contributed by atoms with Gasteiger partial charge in [-0.25, -0.2) is 0 Å². The van der Waals surface area contributed by atoms with Crippen LogP contribution < -0.4 is 0 Å². The van der Waals surface area contributed by atoms with Gasteiger partial charge >= 0.3 is 0 Å². The molecule has 0 aromatic rings. The molecule has 0 bridgehead atoms. The standard InChI is InChI=1S/C26H57NO4P2/c1-6-21-32(22-11-17-28-7-2)25-15-27(14-20-31-10-5)16-26-33(23-12-18-29-8-3)24-13-19-30-9-4/h6-26H2,1-5H3. The number of nitrogens with zero attached hydrogens (tertiary/aromatic N) is 1. The molecular weight excluding hydrogens is 452 g/mol. The molecule has 0 rings (SSSR count). The van der Waals surface area contributed by atoms with Gasteiger partial charge < -0.3 is 23.8 Å². The summed E-state index contributed by atoms with van der Waals surface area (Å²) in [5.41, 5.74) is 0. The Morgan fingerprint density at radius 2 is 0.848 bits per heavy atom. The summed E-state index contributed by atoms with van der Waals surface area (Å²) in [4.78, 5) is 2.70. The number of ether oxygens (including phenoxy) is 4. The molecule has 7 heteroatoms. The van der Waals surface area contributed by atoms with Crippen molar-refractivity contribution in [1.82, 2.24) is 4.90 Å². The molecule has 0 heterocycles. The van der Waals surface area contributed by atoms with E-state index >= 15 is 0 Å². The largest absolute Gasteiger partial charge is 0.382 e. The summed E-state index contributed by atoms with van der Waals surface area (Å²) in [5, 5.41) is 0. The highest BCUT2D eigenvalue weighted by molar-refractivity contribution is 7.57. The Morgan fingerprint density at radius 1 is 0.455 bits per heavy atom. The normalized spacial score (nSPS) is 12.8. The molecule has 1 atom stereocenters. The molecule has 5 nitrogen and oxygen atoms in total. The monoisotopic (exact) mass is 509 g/mol. The molecule has 0 fully saturated rings. The van der Waals surface area contributed by atoms with E-state index in [9.17, 15) is 0 Å². The van der Waals surface area contributed by atoms with Crippen LogP contribution in [0.5, 0.6) is 0 Å². The SMILES string of the molecule is CCCP(CCCOCC)CCN(CCOCC)CCP(CCCOCC)CCCOCC. The van der Waals surface area contributed by atoms with Crippen LogP contribution in [-0.4, -0.2) is 114 Å². The Labute approximate surface area is 209 Å². The van der Waals surface area contributed by atoms with E-state index in [1.54, 1.807) is 0 Å². The lowest BCUT2D eigenvalue weighted by Crippen LogP contribution is -2.33. The van der Waals surface area contributed by atoms with E-state index in [4.69, 9.17) is 18.9 Å². The van der Waals surface area contributed by atoms with Crippen LogP contribution in [0, 0.1) is 0 Å². The first-order chi connectivity index (χ1) is 16.2. The number of hydrogen-bond acceptors (Lipinski definition) is 5. The van der Waals surface area contributed by atoms with E-state index in [1.807, 2.05) is 0 Å². The van der Waals surface area contributed by atoms with E-state index in [-0.39, 0.29) is 15.8 Å². The van der Waals surface area contributed by atoms with Crippen molar-refractivity contribution in [3.05, 3.63) is 0 Å². The van der Waals surface area contributed by atoms with Gasteiger partial charge in [-0.3, -0.25) is 0 Å². The highest BCUT2D eigenvalue weighted by Gasteiger charge is 2.14. The predicted molar refractivity (Wildman–Crippen MR) is 150 cm³/mol. The second kappa shape index (κ2) is 27.3. The lowest BCUT2D eigenvalue weighted by Gasteiger charge is -2.28. The fourth-order valence-electron chi connectivity index (χ4n) is 3.83. The molecule has 0 saturated carbocycles. The van der Waals surface area contributed by atoms with Gasteiger partial charge in [0.15, 0.2) is 0 Å². The van der Waals surface area contributed by atoms with Gasteiger partial charge in [-0.15, -0.1) is 15.8 Å². The maximum absolute atomic E-state index is 5.72. The molecule has 200 valence electrons. The van der Waals surface area contributed by atoms with Crippen LogP contribution >= 0.6 is 15.8 Å². The average Bonchev–Trinajstić information content (AvgIpc) is 2.82. The third kappa shape index (κ3) is 22.8. The van der Waals surface area contributed by atoms with Crippen LogP contribution in [0.3, 0.4) is 0 Å². The van der Waals surface area contributed by atoms with Crippen molar-refractivity contribution < 1.29 is 18.9 Å². The topological polar surface area (TPSA) is 40.2 Å². The van der Waals surface area contributed by atoms with E-state index in [2.05, 4.69) is 39.5 Å². The average molecular weight is 510 g/mol. The third-order valence-corrected chi connectivity index (χ3v) is 11.3. The summed E-state index contributed by atoms with van der Waals surface area (Å²) < 4.78 is 22.5. The van der Waals surface area contributed by atoms with Gasteiger partial charge in [-0.05, 0) is 83.9 Å². The van der Waals surface area contributed by atoms with E-state index < -0.39 is 0 Å². The summed E-state index contributed by atoms with van der Waals surface area (Å²) >= 11 is 0. The van der Waals surface area contributed by atoms with E-state index in [1.165, 1.54) is 75.7 Å². The highest BCUT2D eigenvalue weighted by atomic mass is 31.1. The zero-order chi connectivity index (χ0) is 24.4. The molecule has 0 aliphatic rings. The minimum atomic E-state index is 0.0549. The van der Waals surface area contributed by atoms with E-state index in [0.717, 1.165) is 59.4 Å². The van der Waals surface area contributed by atoms with Gasteiger partial charge in [0.2, 0.25) is 0 Å².